The molecule has 0 aliphatic rings. The van der Waals surface area contributed by atoms with Crippen molar-refractivity contribution < 1.29 is 19.8 Å². The summed E-state index contributed by atoms with van der Waals surface area (Å²) in [5.74, 6) is -2.36. The summed E-state index contributed by atoms with van der Waals surface area (Å²) in [6, 6.07) is 3.09. The zero-order valence-corrected chi connectivity index (χ0v) is 9.99. The molecule has 0 heterocycles. The lowest BCUT2D eigenvalue weighted by Crippen LogP contribution is -2.13. The first-order valence-corrected chi connectivity index (χ1v) is 5.64. The number of carboxylic acids is 2. The number of hydrogen-bond donors (Lipinski definition) is 2. The third-order valence-electron chi connectivity index (χ3n) is 2.74. The van der Waals surface area contributed by atoms with Crippen LogP contribution in [0.3, 0.4) is 0 Å². The molecule has 1 rings (SSSR count). The second-order valence-corrected chi connectivity index (χ2v) is 3.84. The largest absolute Gasteiger partial charge is 0.478 e. The quantitative estimate of drug-likeness (QED) is 0.824. The maximum Gasteiger partial charge on any atom is 0.336 e. The van der Waals surface area contributed by atoms with Gasteiger partial charge in [0, 0.05) is 0 Å². The predicted octanol–water partition coefficient (Wildman–Crippen LogP) is 2.60. The number of aryl methyl sites for hydroxylation is 1. The van der Waals surface area contributed by atoms with Crippen LogP contribution in [0.4, 0.5) is 0 Å². The van der Waals surface area contributed by atoms with Crippen LogP contribution in [0, 0.1) is 0 Å². The van der Waals surface area contributed by atoms with Crippen molar-refractivity contribution in [3.63, 3.8) is 0 Å². The van der Waals surface area contributed by atoms with Gasteiger partial charge in [0.2, 0.25) is 0 Å². The molecule has 4 nitrogen and oxygen atoms in total. The van der Waals surface area contributed by atoms with E-state index in [4.69, 9.17) is 5.11 Å². The molecule has 0 radical (unpaired) electrons. The van der Waals surface area contributed by atoms with Crippen molar-refractivity contribution in [1.29, 1.82) is 0 Å². The minimum atomic E-state index is -1.19. The third kappa shape index (κ3) is 2.64. The van der Waals surface area contributed by atoms with Crippen LogP contribution < -0.4 is 0 Å². The van der Waals surface area contributed by atoms with Gasteiger partial charge in [0.15, 0.2) is 0 Å². The van der Waals surface area contributed by atoms with E-state index in [9.17, 15) is 14.7 Å². The summed E-state index contributed by atoms with van der Waals surface area (Å²) >= 11 is 0. The number of rotatable bonds is 5. The monoisotopic (exact) mass is 236 g/mol. The fourth-order valence-electron chi connectivity index (χ4n) is 1.98. The molecule has 0 unspecified atom stereocenters. The summed E-state index contributed by atoms with van der Waals surface area (Å²) in [6.07, 6.45) is 2.08. The lowest BCUT2D eigenvalue weighted by Gasteiger charge is -2.13. The minimum absolute atomic E-state index is 0.0568. The van der Waals surface area contributed by atoms with Crippen LogP contribution in [-0.2, 0) is 12.8 Å². The first-order chi connectivity index (χ1) is 8.02. The second-order valence-electron chi connectivity index (χ2n) is 3.84. The van der Waals surface area contributed by atoms with Gasteiger partial charge >= 0.3 is 11.9 Å². The Balaban J connectivity index is 3.52. The summed E-state index contributed by atoms with van der Waals surface area (Å²) in [6.45, 7) is 3.87. The van der Waals surface area contributed by atoms with Crippen LogP contribution in [0.5, 0.6) is 0 Å². The smallest absolute Gasteiger partial charge is 0.336 e. The van der Waals surface area contributed by atoms with Gasteiger partial charge in [-0.25, -0.2) is 9.59 Å². The molecule has 17 heavy (non-hydrogen) atoms. The molecular weight excluding hydrogens is 220 g/mol. The zero-order chi connectivity index (χ0) is 13.0. The number of carboxylic acid groups (broad SMARTS) is 2. The number of hydrogen-bond acceptors (Lipinski definition) is 2. The molecule has 0 aromatic heterocycles. The normalized spacial score (nSPS) is 10.2. The average Bonchev–Trinajstić information content (AvgIpc) is 2.28. The molecule has 1 aromatic carbocycles. The summed E-state index contributed by atoms with van der Waals surface area (Å²) in [4.78, 5) is 22.2. The lowest BCUT2D eigenvalue weighted by molar-refractivity contribution is 0.0650. The highest BCUT2D eigenvalue weighted by atomic mass is 16.4. The fraction of sp³-hybridized carbons (Fsp3) is 0.385. The molecule has 1 aromatic rings. The van der Waals surface area contributed by atoms with Crippen molar-refractivity contribution in [1.82, 2.24) is 0 Å². The predicted molar refractivity (Wildman–Crippen MR) is 63.7 cm³/mol. The van der Waals surface area contributed by atoms with E-state index in [2.05, 4.69) is 0 Å². The summed E-state index contributed by atoms with van der Waals surface area (Å²) < 4.78 is 0. The highest BCUT2D eigenvalue weighted by molar-refractivity contribution is 6.03. The average molecular weight is 236 g/mol. The Morgan fingerprint density at radius 2 is 1.76 bits per heavy atom. The maximum absolute atomic E-state index is 11.2. The van der Waals surface area contributed by atoms with E-state index in [1.807, 2.05) is 13.8 Å². The summed E-state index contributed by atoms with van der Waals surface area (Å²) in [7, 11) is 0. The molecule has 0 atom stereocenters. The standard InChI is InChI=1S/C13H16O4/c1-3-5-9-8(4-2)6-7-10(12(14)15)11(9)13(16)17/h6-7H,3-5H2,1-2H3,(H,14,15)(H,16,17). The molecule has 0 fully saturated rings. The SMILES string of the molecule is CCCc1c(CC)ccc(C(=O)O)c1C(=O)O. The Bertz CT molecular complexity index is 449. The van der Waals surface area contributed by atoms with Crippen LogP contribution in [0.2, 0.25) is 0 Å². The Kier molecular flexibility index (Phi) is 4.26. The molecule has 0 bridgehead atoms. The van der Waals surface area contributed by atoms with E-state index < -0.39 is 11.9 Å². The van der Waals surface area contributed by atoms with Gasteiger partial charge in [0.1, 0.15) is 0 Å². The van der Waals surface area contributed by atoms with Crippen LogP contribution >= 0.6 is 0 Å². The number of benzene rings is 1. The van der Waals surface area contributed by atoms with Gasteiger partial charge in [0.25, 0.3) is 0 Å². The topological polar surface area (TPSA) is 74.6 Å². The van der Waals surface area contributed by atoms with Crippen molar-refractivity contribution in [2.75, 3.05) is 0 Å². The van der Waals surface area contributed by atoms with Crippen LogP contribution in [-0.4, -0.2) is 22.2 Å². The Morgan fingerprint density at radius 1 is 1.12 bits per heavy atom. The molecule has 0 saturated heterocycles. The van der Waals surface area contributed by atoms with E-state index >= 15 is 0 Å². The van der Waals surface area contributed by atoms with Crippen LogP contribution in [0.15, 0.2) is 12.1 Å². The van der Waals surface area contributed by atoms with Crippen LogP contribution in [0.1, 0.15) is 52.1 Å². The minimum Gasteiger partial charge on any atom is -0.478 e. The lowest BCUT2D eigenvalue weighted by atomic mass is 9.92. The fourth-order valence-corrected chi connectivity index (χ4v) is 1.98. The molecule has 0 spiro atoms. The van der Waals surface area contributed by atoms with Crippen molar-refractivity contribution >= 4 is 11.9 Å². The van der Waals surface area contributed by atoms with Crippen molar-refractivity contribution in [2.24, 2.45) is 0 Å². The molecule has 0 saturated carbocycles. The van der Waals surface area contributed by atoms with E-state index in [0.29, 0.717) is 18.4 Å². The van der Waals surface area contributed by atoms with Crippen molar-refractivity contribution in [2.45, 2.75) is 33.1 Å². The Labute approximate surface area is 99.9 Å². The molecule has 0 aliphatic heterocycles. The van der Waals surface area contributed by atoms with Crippen molar-refractivity contribution in [3.05, 3.63) is 34.4 Å². The first kappa shape index (κ1) is 13.2. The van der Waals surface area contributed by atoms with E-state index in [-0.39, 0.29) is 11.1 Å². The van der Waals surface area contributed by atoms with Gasteiger partial charge in [-0.3, -0.25) is 0 Å². The molecule has 4 heteroatoms. The highest BCUT2D eigenvalue weighted by Crippen LogP contribution is 2.22. The zero-order valence-electron chi connectivity index (χ0n) is 9.99. The summed E-state index contributed by atoms with van der Waals surface area (Å²) in [5, 5.41) is 18.2. The molecule has 0 aliphatic carbocycles. The summed E-state index contributed by atoms with van der Waals surface area (Å²) in [5.41, 5.74) is 1.38. The maximum atomic E-state index is 11.2. The molecule has 2 N–H and O–H groups in total. The molecule has 0 amide bonds. The Morgan fingerprint density at radius 3 is 2.18 bits per heavy atom. The Hall–Kier alpha value is -1.84. The first-order valence-electron chi connectivity index (χ1n) is 5.64. The van der Waals surface area contributed by atoms with Gasteiger partial charge in [-0.05, 0) is 30.0 Å². The molecular formula is C13H16O4. The number of aromatic carboxylic acids is 2. The van der Waals surface area contributed by atoms with Gasteiger partial charge < -0.3 is 10.2 Å². The third-order valence-corrected chi connectivity index (χ3v) is 2.74. The van der Waals surface area contributed by atoms with Crippen LogP contribution in [0.25, 0.3) is 0 Å². The number of carbonyl (C=O) groups is 2. The van der Waals surface area contributed by atoms with Crippen molar-refractivity contribution in [3.8, 4) is 0 Å². The second kappa shape index (κ2) is 5.48. The van der Waals surface area contributed by atoms with Gasteiger partial charge in [0.05, 0.1) is 11.1 Å². The van der Waals surface area contributed by atoms with E-state index in [1.165, 1.54) is 6.07 Å². The van der Waals surface area contributed by atoms with Gasteiger partial charge in [-0.15, -0.1) is 0 Å². The van der Waals surface area contributed by atoms with Gasteiger partial charge in [-0.1, -0.05) is 26.3 Å². The molecule has 92 valence electrons. The van der Waals surface area contributed by atoms with E-state index in [1.54, 1.807) is 6.07 Å². The van der Waals surface area contributed by atoms with E-state index in [0.717, 1.165) is 12.0 Å². The van der Waals surface area contributed by atoms with Gasteiger partial charge in [-0.2, -0.15) is 0 Å². The highest BCUT2D eigenvalue weighted by Gasteiger charge is 2.21.